The highest BCUT2D eigenvalue weighted by molar-refractivity contribution is 5.94. The van der Waals surface area contributed by atoms with Gasteiger partial charge in [-0.25, -0.2) is 4.79 Å². The average Bonchev–Trinajstić information content (AvgIpc) is 2.70. The number of ketones is 1. The van der Waals surface area contributed by atoms with Gasteiger partial charge in [-0.1, -0.05) is 18.2 Å². The maximum Gasteiger partial charge on any atom is 0.412 e. The molecule has 0 aliphatic heterocycles. The highest BCUT2D eigenvalue weighted by atomic mass is 16.6. The largest absolute Gasteiger partial charge is 0.491 e. The van der Waals surface area contributed by atoms with Crippen LogP contribution in [0.4, 0.5) is 10.5 Å². The molecule has 0 radical (unpaired) electrons. The third-order valence-electron chi connectivity index (χ3n) is 4.03. The first kappa shape index (κ1) is 21.4. The van der Waals surface area contributed by atoms with Crippen LogP contribution in [0.2, 0.25) is 0 Å². The first-order chi connectivity index (χ1) is 13.5. The number of aliphatic hydroxyl groups is 2. The van der Waals surface area contributed by atoms with Gasteiger partial charge in [0.15, 0.2) is 5.78 Å². The van der Waals surface area contributed by atoms with Crippen molar-refractivity contribution in [1.82, 2.24) is 0 Å². The molecule has 0 aliphatic carbocycles. The lowest BCUT2D eigenvalue weighted by Crippen LogP contribution is -2.19. The Morgan fingerprint density at radius 1 is 1.04 bits per heavy atom. The molecule has 28 heavy (non-hydrogen) atoms. The predicted molar refractivity (Wildman–Crippen MR) is 105 cm³/mol. The summed E-state index contributed by atoms with van der Waals surface area (Å²) in [6.45, 7) is 1.43. The highest BCUT2D eigenvalue weighted by Crippen LogP contribution is 2.31. The Morgan fingerprint density at radius 3 is 2.39 bits per heavy atom. The predicted octanol–water partition coefficient (Wildman–Crippen LogP) is 3.32. The van der Waals surface area contributed by atoms with Gasteiger partial charge in [-0.15, -0.1) is 0 Å². The molecule has 0 fully saturated rings. The van der Waals surface area contributed by atoms with Crippen molar-refractivity contribution in [1.29, 1.82) is 0 Å². The zero-order valence-corrected chi connectivity index (χ0v) is 15.8. The van der Waals surface area contributed by atoms with Crippen LogP contribution in [-0.4, -0.2) is 41.9 Å². The second kappa shape index (κ2) is 11.1. The van der Waals surface area contributed by atoms with Crippen molar-refractivity contribution < 1.29 is 29.3 Å². The number of aliphatic hydroxyl groups excluding tert-OH is 2. The van der Waals surface area contributed by atoms with Gasteiger partial charge >= 0.3 is 6.09 Å². The van der Waals surface area contributed by atoms with Crippen molar-refractivity contribution in [2.24, 2.45) is 0 Å². The van der Waals surface area contributed by atoms with E-state index in [1.165, 1.54) is 6.92 Å². The highest BCUT2D eigenvalue weighted by Gasteiger charge is 2.20. The van der Waals surface area contributed by atoms with Crippen LogP contribution in [0.15, 0.2) is 48.5 Å². The Morgan fingerprint density at radius 2 is 1.75 bits per heavy atom. The van der Waals surface area contributed by atoms with Gasteiger partial charge in [-0.3, -0.25) is 10.1 Å². The number of ether oxygens (including phenoxy) is 2. The number of rotatable bonds is 10. The molecular formula is C21H25NO6. The van der Waals surface area contributed by atoms with E-state index in [0.717, 1.165) is 0 Å². The van der Waals surface area contributed by atoms with E-state index in [9.17, 15) is 9.59 Å². The van der Waals surface area contributed by atoms with Crippen molar-refractivity contribution in [3.8, 4) is 5.75 Å². The maximum atomic E-state index is 12.4. The summed E-state index contributed by atoms with van der Waals surface area (Å²) in [5, 5.41) is 20.8. The van der Waals surface area contributed by atoms with Crippen molar-refractivity contribution in [3.05, 3.63) is 59.7 Å². The normalized spacial score (nSPS) is 11.5. The molecule has 0 heterocycles. The summed E-state index contributed by atoms with van der Waals surface area (Å²) in [5.74, 6) is 0.454. The third-order valence-corrected chi connectivity index (χ3v) is 4.03. The first-order valence-corrected chi connectivity index (χ1v) is 9.07. The molecule has 2 aromatic rings. The van der Waals surface area contributed by atoms with Crippen LogP contribution >= 0.6 is 0 Å². The maximum absolute atomic E-state index is 12.4. The Bertz CT molecular complexity index is 775. The van der Waals surface area contributed by atoms with Gasteiger partial charge in [0, 0.05) is 23.4 Å². The Labute approximate surface area is 163 Å². The molecule has 0 bridgehead atoms. The minimum absolute atomic E-state index is 0.0341. The summed E-state index contributed by atoms with van der Waals surface area (Å²) in [6.07, 6.45) is -0.430. The number of carbonyl (C=O) groups is 2. The standard InChI is InChI=1S/C21H25NO6/c1-15(25)16-8-10-17(11-9-16)22-21(26)28-20(7-4-12-23)18-5-2-3-6-19(18)27-14-13-24/h2-3,5-6,8-11,20,23-24H,4,7,12-14H2,1H3,(H,22,26)/t20-/m1/s1. The monoisotopic (exact) mass is 387 g/mol. The zero-order valence-electron chi connectivity index (χ0n) is 15.8. The van der Waals surface area contributed by atoms with Crippen LogP contribution in [0.1, 0.15) is 41.8 Å². The number of carbonyl (C=O) groups excluding carboxylic acids is 2. The Hall–Kier alpha value is -2.90. The van der Waals surface area contributed by atoms with Crippen LogP contribution in [0, 0.1) is 0 Å². The topological polar surface area (TPSA) is 105 Å². The summed E-state index contributed by atoms with van der Waals surface area (Å²) < 4.78 is 11.1. The average molecular weight is 387 g/mol. The molecule has 7 heteroatoms. The lowest BCUT2D eigenvalue weighted by atomic mass is 10.0. The van der Waals surface area contributed by atoms with E-state index in [4.69, 9.17) is 19.7 Å². The van der Waals surface area contributed by atoms with Crippen LogP contribution in [0.5, 0.6) is 5.75 Å². The molecule has 150 valence electrons. The molecule has 0 aromatic heterocycles. The summed E-state index contributed by atoms with van der Waals surface area (Å²) >= 11 is 0. The second-order valence-corrected chi connectivity index (χ2v) is 6.13. The van der Waals surface area contributed by atoms with E-state index in [1.54, 1.807) is 48.5 Å². The molecule has 0 unspecified atom stereocenters. The molecule has 7 nitrogen and oxygen atoms in total. The van der Waals surface area contributed by atoms with E-state index < -0.39 is 12.2 Å². The molecule has 1 amide bonds. The molecule has 0 saturated carbocycles. The fourth-order valence-electron chi connectivity index (χ4n) is 2.65. The van der Waals surface area contributed by atoms with Crippen LogP contribution in [0.3, 0.4) is 0 Å². The SMILES string of the molecule is CC(=O)c1ccc(NC(=O)O[C@H](CCCO)c2ccccc2OCCO)cc1. The number of anilines is 1. The quantitative estimate of drug-likeness (QED) is 0.540. The third kappa shape index (κ3) is 6.37. The summed E-state index contributed by atoms with van der Waals surface area (Å²) in [4.78, 5) is 23.7. The van der Waals surface area contributed by atoms with Gasteiger partial charge in [0.05, 0.1) is 6.61 Å². The van der Waals surface area contributed by atoms with Crippen LogP contribution in [0.25, 0.3) is 0 Å². The first-order valence-electron chi connectivity index (χ1n) is 9.07. The van der Waals surface area contributed by atoms with E-state index in [-0.39, 0.29) is 25.6 Å². The molecule has 2 aromatic carbocycles. The fourth-order valence-corrected chi connectivity index (χ4v) is 2.65. The van der Waals surface area contributed by atoms with E-state index in [1.807, 2.05) is 0 Å². The van der Waals surface area contributed by atoms with Gasteiger partial charge in [-0.2, -0.15) is 0 Å². The van der Waals surface area contributed by atoms with Crippen molar-refractivity contribution in [3.63, 3.8) is 0 Å². The smallest absolute Gasteiger partial charge is 0.412 e. The lowest BCUT2D eigenvalue weighted by Gasteiger charge is -2.21. The number of hydrogen-bond acceptors (Lipinski definition) is 6. The molecule has 1 atom stereocenters. The minimum atomic E-state index is -0.657. The number of para-hydroxylation sites is 1. The molecule has 0 saturated heterocycles. The van der Waals surface area contributed by atoms with E-state index in [2.05, 4.69) is 5.32 Å². The van der Waals surface area contributed by atoms with Crippen molar-refractivity contribution in [2.75, 3.05) is 25.1 Å². The number of amides is 1. The molecular weight excluding hydrogens is 362 g/mol. The molecule has 2 rings (SSSR count). The number of benzene rings is 2. The van der Waals surface area contributed by atoms with Gasteiger partial charge in [0.2, 0.25) is 0 Å². The lowest BCUT2D eigenvalue weighted by molar-refractivity contribution is 0.0964. The fraction of sp³-hybridized carbons (Fsp3) is 0.333. The van der Waals surface area contributed by atoms with Gasteiger partial charge in [-0.05, 0) is 50.1 Å². The van der Waals surface area contributed by atoms with Crippen LogP contribution in [-0.2, 0) is 4.74 Å². The van der Waals surface area contributed by atoms with Gasteiger partial charge in [0.25, 0.3) is 0 Å². The summed E-state index contributed by atoms with van der Waals surface area (Å²) in [7, 11) is 0. The number of nitrogens with one attached hydrogen (secondary N) is 1. The minimum Gasteiger partial charge on any atom is -0.491 e. The molecule has 0 spiro atoms. The van der Waals surface area contributed by atoms with Gasteiger partial charge < -0.3 is 19.7 Å². The summed E-state index contributed by atoms with van der Waals surface area (Å²) in [5.41, 5.74) is 1.71. The van der Waals surface area contributed by atoms with Gasteiger partial charge in [0.1, 0.15) is 18.5 Å². The van der Waals surface area contributed by atoms with E-state index in [0.29, 0.717) is 35.4 Å². The van der Waals surface area contributed by atoms with E-state index >= 15 is 0 Å². The van der Waals surface area contributed by atoms with Crippen molar-refractivity contribution >= 4 is 17.6 Å². The number of hydrogen-bond donors (Lipinski definition) is 3. The second-order valence-electron chi connectivity index (χ2n) is 6.13. The molecule has 3 N–H and O–H groups in total. The summed E-state index contributed by atoms with van der Waals surface area (Å²) in [6, 6.07) is 13.6. The molecule has 0 aliphatic rings. The Kier molecular flexibility index (Phi) is 8.45. The van der Waals surface area contributed by atoms with Crippen LogP contribution < -0.4 is 10.1 Å². The number of Topliss-reactive ketones (excluding diaryl/α,β-unsaturated/α-hetero) is 1. The Balaban J connectivity index is 2.11. The van der Waals surface area contributed by atoms with Crippen molar-refractivity contribution in [2.45, 2.75) is 25.9 Å². The zero-order chi connectivity index (χ0) is 20.4.